The summed E-state index contributed by atoms with van der Waals surface area (Å²) in [6, 6.07) is 4.10. The molecule has 2 N–H and O–H groups in total. The van der Waals surface area contributed by atoms with Gasteiger partial charge in [0.1, 0.15) is 4.88 Å². The number of anilines is 2. The van der Waals surface area contributed by atoms with Gasteiger partial charge in [-0.25, -0.2) is 4.98 Å². The van der Waals surface area contributed by atoms with Crippen molar-refractivity contribution < 1.29 is 9.59 Å². The Balaban J connectivity index is 1.98. The number of carbonyl (C=O) groups is 2. The van der Waals surface area contributed by atoms with Crippen LogP contribution in [-0.4, -0.2) is 16.8 Å². The van der Waals surface area contributed by atoms with Gasteiger partial charge in [-0.05, 0) is 45.2 Å². The minimum absolute atomic E-state index is 0.0394. The molecule has 0 saturated heterocycles. The third-order valence-corrected chi connectivity index (χ3v) is 5.74. The number of nitrogens with one attached hydrogen (secondary N) is 2. The van der Waals surface area contributed by atoms with Crippen molar-refractivity contribution in [3.63, 3.8) is 0 Å². The largest absolute Gasteiger partial charge is 0.321 e. The van der Waals surface area contributed by atoms with Gasteiger partial charge in [0.15, 0.2) is 5.13 Å². The summed E-state index contributed by atoms with van der Waals surface area (Å²) in [4.78, 5) is 29.7. The molecule has 28 heavy (non-hydrogen) atoms. The second kappa shape index (κ2) is 10.4. The van der Waals surface area contributed by atoms with Crippen LogP contribution >= 0.6 is 11.3 Å². The lowest BCUT2D eigenvalue weighted by Gasteiger charge is -2.12. The van der Waals surface area contributed by atoms with Crippen LogP contribution < -0.4 is 10.6 Å². The maximum atomic E-state index is 12.7. The number of hydrogen-bond acceptors (Lipinski definition) is 4. The Bertz CT molecular complexity index is 819. The summed E-state index contributed by atoms with van der Waals surface area (Å²) in [5.41, 5.74) is 4.69. The van der Waals surface area contributed by atoms with Crippen LogP contribution in [0.5, 0.6) is 0 Å². The fourth-order valence-corrected chi connectivity index (χ4v) is 4.16. The van der Waals surface area contributed by atoms with Crippen molar-refractivity contribution in [1.29, 1.82) is 0 Å². The molecule has 0 atom stereocenters. The minimum Gasteiger partial charge on any atom is -0.321 e. The van der Waals surface area contributed by atoms with Crippen LogP contribution in [0.1, 0.15) is 77.5 Å². The van der Waals surface area contributed by atoms with E-state index in [1.54, 1.807) is 6.92 Å². The van der Waals surface area contributed by atoms with E-state index in [1.165, 1.54) is 36.2 Å². The van der Waals surface area contributed by atoms with Gasteiger partial charge in [-0.1, -0.05) is 61.6 Å². The van der Waals surface area contributed by atoms with Gasteiger partial charge >= 0.3 is 0 Å². The number of rotatable bonds is 9. The number of benzene rings is 1. The van der Waals surface area contributed by atoms with Crippen molar-refractivity contribution >= 4 is 34.0 Å². The molecule has 2 rings (SSSR count). The van der Waals surface area contributed by atoms with Crippen LogP contribution in [0.25, 0.3) is 0 Å². The van der Waals surface area contributed by atoms with Crippen LogP contribution in [0, 0.1) is 27.7 Å². The Hall–Kier alpha value is -2.21. The Morgan fingerprint density at radius 3 is 2.25 bits per heavy atom. The van der Waals surface area contributed by atoms with Crippen LogP contribution in [0.3, 0.4) is 0 Å². The molecule has 1 aromatic carbocycles. The summed E-state index contributed by atoms with van der Waals surface area (Å²) >= 11 is 1.22. The summed E-state index contributed by atoms with van der Waals surface area (Å²) in [6.07, 6.45) is 6.02. The highest BCUT2D eigenvalue weighted by atomic mass is 32.1. The maximum Gasteiger partial charge on any atom is 0.267 e. The molecule has 1 heterocycles. The number of amides is 2. The molecule has 0 spiro atoms. The zero-order valence-corrected chi connectivity index (χ0v) is 18.4. The first kappa shape index (κ1) is 22.1. The van der Waals surface area contributed by atoms with Crippen LogP contribution in [0.4, 0.5) is 10.8 Å². The predicted octanol–water partition coefficient (Wildman–Crippen LogP) is 5.93. The summed E-state index contributed by atoms with van der Waals surface area (Å²) in [5, 5.41) is 6.32. The van der Waals surface area contributed by atoms with E-state index < -0.39 is 0 Å². The van der Waals surface area contributed by atoms with Gasteiger partial charge < -0.3 is 10.6 Å². The van der Waals surface area contributed by atoms with E-state index in [0.29, 0.717) is 22.1 Å². The molecule has 6 heteroatoms. The van der Waals surface area contributed by atoms with Gasteiger partial charge in [-0.3, -0.25) is 9.59 Å². The van der Waals surface area contributed by atoms with Crippen molar-refractivity contribution in [2.45, 2.75) is 73.1 Å². The van der Waals surface area contributed by atoms with Gasteiger partial charge in [0.05, 0.1) is 5.69 Å². The van der Waals surface area contributed by atoms with Crippen molar-refractivity contribution in [2.75, 3.05) is 10.6 Å². The van der Waals surface area contributed by atoms with Crippen LogP contribution in [0.2, 0.25) is 0 Å². The first-order chi connectivity index (χ1) is 13.3. The third kappa shape index (κ3) is 6.16. The predicted molar refractivity (Wildman–Crippen MR) is 117 cm³/mol. The summed E-state index contributed by atoms with van der Waals surface area (Å²) in [7, 11) is 0. The van der Waals surface area contributed by atoms with Gasteiger partial charge in [0.2, 0.25) is 5.91 Å². The molecule has 1 aromatic heterocycles. The van der Waals surface area contributed by atoms with E-state index in [2.05, 4.69) is 22.5 Å². The summed E-state index contributed by atoms with van der Waals surface area (Å²) in [6.45, 7) is 9.98. The van der Waals surface area contributed by atoms with Crippen LogP contribution in [-0.2, 0) is 4.79 Å². The molecular weight excluding hydrogens is 370 g/mol. The quantitative estimate of drug-likeness (QED) is 0.512. The number of unbranched alkanes of at least 4 members (excludes halogenated alkanes) is 4. The fourth-order valence-electron chi connectivity index (χ4n) is 3.28. The molecular formula is C22H31N3O2S. The average molecular weight is 402 g/mol. The first-order valence-electron chi connectivity index (χ1n) is 9.98. The lowest BCUT2D eigenvalue weighted by atomic mass is 10.1. The fraction of sp³-hybridized carbons (Fsp3) is 0.500. The van der Waals surface area contributed by atoms with Crippen molar-refractivity contribution in [1.82, 2.24) is 4.98 Å². The van der Waals surface area contributed by atoms with Crippen molar-refractivity contribution in [3.05, 3.63) is 39.4 Å². The van der Waals surface area contributed by atoms with Crippen LogP contribution in [0.15, 0.2) is 12.1 Å². The van der Waals surface area contributed by atoms with Gasteiger partial charge in [0.25, 0.3) is 5.91 Å². The van der Waals surface area contributed by atoms with Gasteiger partial charge in [-0.15, -0.1) is 0 Å². The number of aromatic nitrogens is 1. The molecule has 2 aromatic rings. The summed E-state index contributed by atoms with van der Waals surface area (Å²) < 4.78 is 0. The second-order valence-corrected chi connectivity index (χ2v) is 8.37. The number of aryl methyl sites for hydroxylation is 4. The van der Waals surface area contributed by atoms with E-state index in [-0.39, 0.29) is 11.8 Å². The second-order valence-electron chi connectivity index (χ2n) is 7.37. The molecule has 5 nitrogen and oxygen atoms in total. The van der Waals surface area contributed by atoms with E-state index in [1.807, 2.05) is 32.9 Å². The van der Waals surface area contributed by atoms with Crippen molar-refractivity contribution in [2.24, 2.45) is 0 Å². The van der Waals surface area contributed by atoms with E-state index in [4.69, 9.17) is 0 Å². The first-order valence-corrected chi connectivity index (χ1v) is 10.8. The lowest BCUT2D eigenvalue weighted by molar-refractivity contribution is -0.116. The highest BCUT2D eigenvalue weighted by molar-refractivity contribution is 7.17. The average Bonchev–Trinajstić information content (AvgIpc) is 2.98. The molecule has 0 bridgehead atoms. The number of thiazole rings is 1. The zero-order valence-electron chi connectivity index (χ0n) is 17.6. The van der Waals surface area contributed by atoms with Crippen molar-refractivity contribution in [3.8, 4) is 0 Å². The van der Waals surface area contributed by atoms with E-state index >= 15 is 0 Å². The Morgan fingerprint density at radius 2 is 1.61 bits per heavy atom. The van der Waals surface area contributed by atoms with E-state index in [0.717, 1.165) is 29.7 Å². The molecule has 2 amide bonds. The SMILES string of the molecule is CCCCCCCC(=O)Nc1nc(C)c(C(=O)Nc2c(C)cc(C)cc2C)s1. The molecule has 0 saturated carbocycles. The van der Waals surface area contributed by atoms with Gasteiger partial charge in [0, 0.05) is 12.1 Å². The topological polar surface area (TPSA) is 71.1 Å². The Morgan fingerprint density at radius 1 is 0.964 bits per heavy atom. The Kier molecular flexibility index (Phi) is 8.18. The molecule has 0 aliphatic rings. The highest BCUT2D eigenvalue weighted by Gasteiger charge is 2.18. The third-order valence-electron chi connectivity index (χ3n) is 4.67. The number of hydrogen-bond donors (Lipinski definition) is 2. The standard InChI is InChI=1S/C22H31N3O2S/c1-6-7-8-9-10-11-18(26)24-22-23-17(5)20(28-22)21(27)25-19-15(3)12-14(2)13-16(19)4/h12-13H,6-11H2,1-5H3,(H,25,27)(H,23,24,26). The molecule has 0 radical (unpaired) electrons. The summed E-state index contributed by atoms with van der Waals surface area (Å²) in [5.74, 6) is -0.229. The van der Waals surface area contributed by atoms with E-state index in [9.17, 15) is 9.59 Å². The molecule has 152 valence electrons. The number of nitrogens with zero attached hydrogens (tertiary/aromatic N) is 1. The molecule has 0 fully saturated rings. The lowest BCUT2D eigenvalue weighted by Crippen LogP contribution is -2.13. The Labute approximate surface area is 172 Å². The van der Waals surface area contributed by atoms with Gasteiger partial charge in [-0.2, -0.15) is 0 Å². The molecule has 0 unspecified atom stereocenters. The monoisotopic (exact) mass is 401 g/mol. The normalized spacial score (nSPS) is 10.8. The highest BCUT2D eigenvalue weighted by Crippen LogP contribution is 2.27. The molecule has 0 aliphatic heterocycles. The molecule has 0 aliphatic carbocycles. The smallest absolute Gasteiger partial charge is 0.267 e. The zero-order chi connectivity index (χ0) is 20.7. The number of carbonyl (C=O) groups excluding carboxylic acids is 2. The minimum atomic E-state index is -0.190. The maximum absolute atomic E-state index is 12.7.